The lowest BCUT2D eigenvalue weighted by Gasteiger charge is -2.38. The standard InChI is InChI=1S/C24H48/c1-3-5-7-8-9-10-11-12-13-14-15-17-21-24(20-6-4-2)22-18-16-19-23-24/h3-23H2,1-2H3. The number of rotatable bonds is 16. The van der Waals surface area contributed by atoms with Crippen LogP contribution in [0.3, 0.4) is 0 Å². The largest absolute Gasteiger partial charge is 0.0654 e. The van der Waals surface area contributed by atoms with Gasteiger partial charge >= 0.3 is 0 Å². The predicted molar refractivity (Wildman–Crippen MR) is 111 cm³/mol. The number of hydrogen-bond donors (Lipinski definition) is 0. The van der Waals surface area contributed by atoms with Crippen molar-refractivity contribution < 1.29 is 0 Å². The summed E-state index contributed by atoms with van der Waals surface area (Å²) in [5, 5.41) is 0. The third-order valence-corrected chi connectivity index (χ3v) is 6.54. The van der Waals surface area contributed by atoms with Crippen molar-refractivity contribution in [3.8, 4) is 0 Å². The van der Waals surface area contributed by atoms with Crippen molar-refractivity contribution in [1.82, 2.24) is 0 Å². The lowest BCUT2D eigenvalue weighted by molar-refractivity contribution is 0.147. The van der Waals surface area contributed by atoms with Gasteiger partial charge in [0, 0.05) is 0 Å². The summed E-state index contributed by atoms with van der Waals surface area (Å²) in [7, 11) is 0. The van der Waals surface area contributed by atoms with Crippen LogP contribution in [0, 0.1) is 5.41 Å². The first kappa shape index (κ1) is 22.0. The summed E-state index contributed by atoms with van der Waals surface area (Å²) < 4.78 is 0. The van der Waals surface area contributed by atoms with Crippen LogP contribution in [-0.2, 0) is 0 Å². The van der Waals surface area contributed by atoms with Gasteiger partial charge in [-0.1, -0.05) is 123 Å². The molecule has 0 aromatic carbocycles. The van der Waals surface area contributed by atoms with Gasteiger partial charge in [-0.2, -0.15) is 0 Å². The molecule has 0 heterocycles. The van der Waals surface area contributed by atoms with E-state index in [1.54, 1.807) is 19.3 Å². The van der Waals surface area contributed by atoms with E-state index in [1.807, 2.05) is 0 Å². The quantitative estimate of drug-likeness (QED) is 0.246. The molecule has 1 fully saturated rings. The Balaban J connectivity index is 1.94. The summed E-state index contributed by atoms with van der Waals surface area (Å²) in [6.45, 7) is 4.67. The zero-order valence-electron chi connectivity index (χ0n) is 17.3. The van der Waals surface area contributed by atoms with Crippen LogP contribution >= 0.6 is 0 Å². The molecular weight excluding hydrogens is 288 g/mol. The molecule has 0 saturated heterocycles. The highest BCUT2D eigenvalue weighted by molar-refractivity contribution is 4.82. The summed E-state index contributed by atoms with van der Waals surface area (Å²) in [4.78, 5) is 0. The second kappa shape index (κ2) is 15.3. The monoisotopic (exact) mass is 336 g/mol. The maximum Gasteiger partial charge on any atom is -0.0297 e. The van der Waals surface area contributed by atoms with Crippen LogP contribution < -0.4 is 0 Å². The van der Waals surface area contributed by atoms with Crippen molar-refractivity contribution in [3.63, 3.8) is 0 Å². The topological polar surface area (TPSA) is 0 Å². The third-order valence-electron chi connectivity index (χ3n) is 6.54. The summed E-state index contributed by atoms with van der Waals surface area (Å²) >= 11 is 0. The Bertz CT molecular complexity index is 249. The molecule has 144 valence electrons. The predicted octanol–water partition coefficient (Wildman–Crippen LogP) is 9.22. The molecule has 1 saturated carbocycles. The molecule has 24 heavy (non-hydrogen) atoms. The van der Waals surface area contributed by atoms with Gasteiger partial charge in [0.2, 0.25) is 0 Å². The van der Waals surface area contributed by atoms with Crippen molar-refractivity contribution in [1.29, 1.82) is 0 Å². The van der Waals surface area contributed by atoms with Crippen molar-refractivity contribution in [2.24, 2.45) is 5.41 Å². The van der Waals surface area contributed by atoms with Crippen LogP contribution in [0.15, 0.2) is 0 Å². The molecule has 0 spiro atoms. The van der Waals surface area contributed by atoms with E-state index < -0.39 is 0 Å². The Morgan fingerprint density at radius 1 is 0.458 bits per heavy atom. The van der Waals surface area contributed by atoms with Crippen LogP contribution in [0.5, 0.6) is 0 Å². The summed E-state index contributed by atoms with van der Waals surface area (Å²) in [6.07, 6.45) is 31.3. The van der Waals surface area contributed by atoms with Gasteiger partial charge in [-0.05, 0) is 31.1 Å². The van der Waals surface area contributed by atoms with Crippen LogP contribution in [0.2, 0.25) is 0 Å². The van der Waals surface area contributed by atoms with Crippen molar-refractivity contribution in [2.75, 3.05) is 0 Å². The fraction of sp³-hybridized carbons (Fsp3) is 1.00. The van der Waals surface area contributed by atoms with Crippen LogP contribution in [0.4, 0.5) is 0 Å². The zero-order valence-corrected chi connectivity index (χ0v) is 17.3. The molecular formula is C24H48. The highest BCUT2D eigenvalue weighted by Crippen LogP contribution is 2.44. The molecule has 0 aromatic rings. The summed E-state index contributed by atoms with van der Waals surface area (Å²) in [6, 6.07) is 0. The molecule has 0 bridgehead atoms. The van der Waals surface area contributed by atoms with Gasteiger partial charge in [-0.15, -0.1) is 0 Å². The van der Waals surface area contributed by atoms with E-state index in [2.05, 4.69) is 13.8 Å². The molecule has 0 atom stereocenters. The average molecular weight is 337 g/mol. The second-order valence-corrected chi connectivity index (χ2v) is 8.80. The Morgan fingerprint density at radius 2 is 0.875 bits per heavy atom. The van der Waals surface area contributed by atoms with E-state index in [0.717, 1.165) is 5.41 Å². The molecule has 0 aromatic heterocycles. The zero-order chi connectivity index (χ0) is 17.3. The maximum absolute atomic E-state index is 2.36. The molecule has 0 nitrogen and oxygen atoms in total. The highest BCUT2D eigenvalue weighted by atomic mass is 14.4. The molecule has 0 aliphatic heterocycles. The SMILES string of the molecule is CCCCCCCCCCCCCCC1(CCCC)CCCCC1. The molecule has 1 aliphatic carbocycles. The Kier molecular flexibility index (Phi) is 14.0. The van der Waals surface area contributed by atoms with Gasteiger partial charge < -0.3 is 0 Å². The molecule has 0 radical (unpaired) electrons. The Labute approximate surface area is 154 Å². The smallest absolute Gasteiger partial charge is 0.0297 e. The normalized spacial score (nSPS) is 17.2. The van der Waals surface area contributed by atoms with Gasteiger partial charge in [0.05, 0.1) is 0 Å². The fourth-order valence-corrected chi connectivity index (χ4v) is 4.82. The molecule has 0 N–H and O–H groups in total. The van der Waals surface area contributed by atoms with Crippen molar-refractivity contribution >= 4 is 0 Å². The fourth-order valence-electron chi connectivity index (χ4n) is 4.82. The van der Waals surface area contributed by atoms with Gasteiger partial charge in [0.1, 0.15) is 0 Å². The minimum Gasteiger partial charge on any atom is -0.0654 e. The molecule has 0 unspecified atom stereocenters. The second-order valence-electron chi connectivity index (χ2n) is 8.80. The van der Waals surface area contributed by atoms with Gasteiger partial charge in [-0.25, -0.2) is 0 Å². The first-order valence-electron chi connectivity index (χ1n) is 11.8. The first-order valence-corrected chi connectivity index (χ1v) is 11.8. The maximum atomic E-state index is 2.36. The Morgan fingerprint density at radius 3 is 1.38 bits per heavy atom. The summed E-state index contributed by atoms with van der Waals surface area (Å²) in [5.74, 6) is 0. The minimum atomic E-state index is 0.771. The lowest BCUT2D eigenvalue weighted by atomic mass is 9.68. The molecule has 1 rings (SSSR count). The minimum absolute atomic E-state index is 0.771. The van der Waals surface area contributed by atoms with E-state index in [0.29, 0.717) is 0 Å². The third kappa shape index (κ3) is 10.8. The van der Waals surface area contributed by atoms with E-state index in [9.17, 15) is 0 Å². The summed E-state index contributed by atoms with van der Waals surface area (Å²) in [5.41, 5.74) is 0.771. The van der Waals surface area contributed by atoms with Crippen molar-refractivity contribution in [3.05, 3.63) is 0 Å². The van der Waals surface area contributed by atoms with Crippen LogP contribution in [0.25, 0.3) is 0 Å². The van der Waals surface area contributed by atoms with E-state index in [-0.39, 0.29) is 0 Å². The van der Waals surface area contributed by atoms with Gasteiger partial charge in [-0.3, -0.25) is 0 Å². The average Bonchev–Trinajstić information content (AvgIpc) is 2.62. The first-order chi connectivity index (χ1) is 11.8. The molecule has 0 amide bonds. The van der Waals surface area contributed by atoms with Gasteiger partial charge in [0.15, 0.2) is 0 Å². The number of hydrogen-bond acceptors (Lipinski definition) is 0. The lowest BCUT2D eigenvalue weighted by Crippen LogP contribution is -2.24. The van der Waals surface area contributed by atoms with E-state index >= 15 is 0 Å². The van der Waals surface area contributed by atoms with Crippen LogP contribution in [-0.4, -0.2) is 0 Å². The number of unbranched alkanes of at least 4 members (excludes halogenated alkanes) is 12. The van der Waals surface area contributed by atoms with Gasteiger partial charge in [0.25, 0.3) is 0 Å². The molecule has 1 aliphatic rings. The molecule has 0 heteroatoms. The Hall–Kier alpha value is 0. The highest BCUT2D eigenvalue weighted by Gasteiger charge is 2.30. The van der Waals surface area contributed by atoms with Crippen molar-refractivity contribution in [2.45, 2.75) is 149 Å². The van der Waals surface area contributed by atoms with E-state index in [4.69, 9.17) is 0 Å². The van der Waals surface area contributed by atoms with Crippen LogP contribution in [0.1, 0.15) is 149 Å². The van der Waals surface area contributed by atoms with E-state index in [1.165, 1.54) is 116 Å².